The number of alkyl halides is 3. The van der Waals surface area contributed by atoms with Gasteiger partial charge in [0, 0.05) is 0 Å². The zero-order valence-electron chi connectivity index (χ0n) is 8.09. The van der Waals surface area contributed by atoms with Gasteiger partial charge < -0.3 is 9.47 Å². The van der Waals surface area contributed by atoms with Crippen molar-refractivity contribution in [3.05, 3.63) is 18.2 Å². The largest absolute Gasteiger partial charge is 0.573 e. The van der Waals surface area contributed by atoms with Crippen LogP contribution in [0.5, 0.6) is 11.5 Å². The van der Waals surface area contributed by atoms with Gasteiger partial charge in [0.15, 0.2) is 11.5 Å². The second kappa shape index (κ2) is 4.65. The Bertz CT molecular complexity index is 339. The fraction of sp³-hybridized carbons (Fsp3) is 0.333. The molecule has 15 heavy (non-hydrogen) atoms. The molecule has 1 aromatic carbocycles. The molecule has 0 heterocycles. The van der Waals surface area contributed by atoms with E-state index in [4.69, 9.17) is 4.74 Å². The Morgan fingerprint density at radius 2 is 1.93 bits per heavy atom. The van der Waals surface area contributed by atoms with Crippen molar-refractivity contribution < 1.29 is 22.6 Å². The van der Waals surface area contributed by atoms with Gasteiger partial charge in [0.25, 0.3) is 0 Å². The van der Waals surface area contributed by atoms with Crippen molar-refractivity contribution in [3.8, 4) is 11.5 Å². The smallest absolute Gasteiger partial charge is 0.492 e. The molecular formula is C9H9F3O2S. The number of ether oxygens (including phenoxy) is 2. The molecule has 0 aliphatic rings. The zero-order chi connectivity index (χ0) is 11.5. The van der Waals surface area contributed by atoms with Gasteiger partial charge in [0.05, 0.1) is 12.0 Å². The summed E-state index contributed by atoms with van der Waals surface area (Å²) in [5.74, 6) is -0.223. The van der Waals surface area contributed by atoms with Crippen LogP contribution in [0.3, 0.4) is 0 Å². The van der Waals surface area contributed by atoms with Crippen LogP contribution in [0.1, 0.15) is 0 Å². The van der Waals surface area contributed by atoms with E-state index in [1.807, 2.05) is 0 Å². The molecule has 84 valence electrons. The third-order valence-electron chi connectivity index (χ3n) is 1.59. The Balaban J connectivity index is 3.06. The first-order valence-electron chi connectivity index (χ1n) is 3.94. The number of thioether (sulfide) groups is 1. The maximum Gasteiger partial charge on any atom is 0.573 e. The summed E-state index contributed by atoms with van der Waals surface area (Å²) in [5, 5.41) is 0. The normalized spacial score (nSPS) is 11.3. The topological polar surface area (TPSA) is 18.5 Å². The second-order valence-electron chi connectivity index (χ2n) is 2.54. The minimum atomic E-state index is -4.70. The molecule has 0 unspecified atom stereocenters. The molecule has 0 fully saturated rings. The Hall–Kier alpha value is -1.04. The van der Waals surface area contributed by atoms with E-state index in [1.165, 1.54) is 31.0 Å². The molecule has 0 spiro atoms. The number of hydrogen-bond acceptors (Lipinski definition) is 3. The molecule has 0 N–H and O–H groups in total. The molecule has 0 amide bonds. The van der Waals surface area contributed by atoms with Crippen molar-refractivity contribution in [1.29, 1.82) is 0 Å². The quantitative estimate of drug-likeness (QED) is 0.752. The van der Waals surface area contributed by atoms with E-state index in [-0.39, 0.29) is 11.5 Å². The van der Waals surface area contributed by atoms with Crippen LogP contribution in [-0.2, 0) is 0 Å². The highest BCUT2D eigenvalue weighted by Gasteiger charge is 2.32. The standard InChI is InChI=1S/C9H9F3O2S/c1-13-8-6(14-9(10,11)12)4-3-5-7(8)15-2/h3-5H,1-2H3. The van der Waals surface area contributed by atoms with Crippen LogP contribution in [0.25, 0.3) is 0 Å². The second-order valence-corrected chi connectivity index (χ2v) is 3.39. The van der Waals surface area contributed by atoms with E-state index < -0.39 is 6.36 Å². The molecule has 0 aliphatic carbocycles. The highest BCUT2D eigenvalue weighted by molar-refractivity contribution is 7.98. The Labute approximate surface area is 89.4 Å². The first-order chi connectivity index (χ1) is 6.98. The van der Waals surface area contributed by atoms with Crippen LogP contribution >= 0.6 is 11.8 Å². The number of halogens is 3. The maximum absolute atomic E-state index is 12.0. The number of methoxy groups -OCH3 is 1. The molecule has 2 nitrogen and oxygen atoms in total. The summed E-state index contributed by atoms with van der Waals surface area (Å²) >= 11 is 1.29. The van der Waals surface area contributed by atoms with E-state index in [2.05, 4.69) is 4.74 Å². The molecular weight excluding hydrogens is 229 g/mol. The Morgan fingerprint density at radius 3 is 2.40 bits per heavy atom. The van der Waals surface area contributed by atoms with Crippen molar-refractivity contribution in [2.75, 3.05) is 13.4 Å². The molecule has 0 saturated heterocycles. The summed E-state index contributed by atoms with van der Waals surface area (Å²) < 4.78 is 44.7. The average molecular weight is 238 g/mol. The van der Waals surface area contributed by atoms with E-state index in [9.17, 15) is 13.2 Å². The van der Waals surface area contributed by atoms with Gasteiger partial charge in [-0.05, 0) is 18.4 Å². The summed E-state index contributed by atoms with van der Waals surface area (Å²) in [4.78, 5) is 0.597. The summed E-state index contributed by atoms with van der Waals surface area (Å²) in [6, 6.07) is 4.36. The number of benzene rings is 1. The predicted octanol–water partition coefficient (Wildman–Crippen LogP) is 3.32. The first kappa shape index (κ1) is 12.0. The van der Waals surface area contributed by atoms with E-state index in [0.717, 1.165) is 0 Å². The van der Waals surface area contributed by atoms with Gasteiger partial charge in [-0.2, -0.15) is 0 Å². The number of para-hydroxylation sites is 1. The average Bonchev–Trinajstić information content (AvgIpc) is 2.15. The summed E-state index contributed by atoms with van der Waals surface area (Å²) in [6.07, 6.45) is -2.96. The lowest BCUT2D eigenvalue weighted by molar-refractivity contribution is -0.275. The van der Waals surface area contributed by atoms with Crippen LogP contribution in [-0.4, -0.2) is 19.7 Å². The van der Waals surface area contributed by atoms with Gasteiger partial charge >= 0.3 is 6.36 Å². The lowest BCUT2D eigenvalue weighted by Crippen LogP contribution is -2.17. The number of hydrogen-bond donors (Lipinski definition) is 0. The fourth-order valence-electron chi connectivity index (χ4n) is 1.06. The monoisotopic (exact) mass is 238 g/mol. The summed E-state index contributed by atoms with van der Waals surface area (Å²) in [7, 11) is 1.30. The molecule has 0 aliphatic heterocycles. The lowest BCUT2D eigenvalue weighted by atomic mass is 10.3. The predicted molar refractivity (Wildman–Crippen MR) is 51.5 cm³/mol. The first-order valence-corrected chi connectivity index (χ1v) is 5.17. The van der Waals surface area contributed by atoms with Crippen LogP contribution in [0.2, 0.25) is 0 Å². The molecule has 6 heteroatoms. The SMILES string of the molecule is COc1c(OC(F)(F)F)cccc1SC. The van der Waals surface area contributed by atoms with Gasteiger partial charge in [0.2, 0.25) is 0 Å². The van der Waals surface area contributed by atoms with Crippen molar-refractivity contribution >= 4 is 11.8 Å². The Morgan fingerprint density at radius 1 is 1.27 bits per heavy atom. The summed E-state index contributed by atoms with van der Waals surface area (Å²) in [6.45, 7) is 0. The highest BCUT2D eigenvalue weighted by Crippen LogP contribution is 2.38. The van der Waals surface area contributed by atoms with Gasteiger partial charge in [-0.25, -0.2) is 0 Å². The molecule has 0 saturated carbocycles. The molecule has 0 bridgehead atoms. The van der Waals surface area contributed by atoms with Crippen LogP contribution in [0.4, 0.5) is 13.2 Å². The van der Waals surface area contributed by atoms with Crippen molar-refractivity contribution in [1.82, 2.24) is 0 Å². The summed E-state index contributed by atoms with van der Waals surface area (Å²) in [5.41, 5.74) is 0. The van der Waals surface area contributed by atoms with Crippen LogP contribution < -0.4 is 9.47 Å². The minimum Gasteiger partial charge on any atom is -0.492 e. The van der Waals surface area contributed by atoms with Crippen LogP contribution in [0.15, 0.2) is 23.1 Å². The van der Waals surface area contributed by atoms with E-state index >= 15 is 0 Å². The maximum atomic E-state index is 12.0. The van der Waals surface area contributed by atoms with Crippen molar-refractivity contribution in [2.45, 2.75) is 11.3 Å². The molecule has 0 aromatic heterocycles. The van der Waals surface area contributed by atoms with E-state index in [1.54, 1.807) is 12.3 Å². The molecule has 0 radical (unpaired) electrons. The molecule has 0 atom stereocenters. The highest BCUT2D eigenvalue weighted by atomic mass is 32.2. The zero-order valence-corrected chi connectivity index (χ0v) is 8.91. The third-order valence-corrected chi connectivity index (χ3v) is 2.35. The van der Waals surface area contributed by atoms with Gasteiger partial charge in [-0.3, -0.25) is 0 Å². The Kier molecular flexibility index (Phi) is 3.73. The van der Waals surface area contributed by atoms with Crippen LogP contribution in [0, 0.1) is 0 Å². The fourth-order valence-corrected chi connectivity index (χ4v) is 1.65. The third kappa shape index (κ3) is 3.23. The van der Waals surface area contributed by atoms with Crippen molar-refractivity contribution in [2.24, 2.45) is 0 Å². The molecule has 1 aromatic rings. The van der Waals surface area contributed by atoms with Gasteiger partial charge in [-0.15, -0.1) is 24.9 Å². The molecule has 1 rings (SSSR count). The minimum absolute atomic E-state index is 0.0994. The number of rotatable bonds is 3. The van der Waals surface area contributed by atoms with E-state index in [0.29, 0.717) is 4.90 Å². The lowest BCUT2D eigenvalue weighted by Gasteiger charge is -2.14. The van der Waals surface area contributed by atoms with Crippen molar-refractivity contribution in [3.63, 3.8) is 0 Å². The van der Waals surface area contributed by atoms with Gasteiger partial charge in [0.1, 0.15) is 0 Å². The van der Waals surface area contributed by atoms with Gasteiger partial charge in [-0.1, -0.05) is 6.07 Å².